The minimum absolute atomic E-state index is 0.275. The minimum atomic E-state index is 0.275. The summed E-state index contributed by atoms with van der Waals surface area (Å²) in [4.78, 5) is 0. The standard InChI is InChI=1S/C15H21N3/c1-15(10-5-3-2-4-6-11-15)12-8-7-9-13-14(12)17-18-16-13/h7-9H,2-6,10-11H2,1H3,(H,16,17,18). The summed E-state index contributed by atoms with van der Waals surface area (Å²) in [7, 11) is 0. The third-order valence-electron chi connectivity index (χ3n) is 4.45. The first kappa shape index (κ1) is 11.7. The van der Waals surface area contributed by atoms with E-state index < -0.39 is 0 Å². The molecule has 1 fully saturated rings. The van der Waals surface area contributed by atoms with Gasteiger partial charge in [-0.1, -0.05) is 51.2 Å². The third kappa shape index (κ3) is 2.02. The highest BCUT2D eigenvalue weighted by Crippen LogP contribution is 2.39. The minimum Gasteiger partial charge on any atom is -0.197 e. The molecule has 0 atom stereocenters. The van der Waals surface area contributed by atoms with Crippen molar-refractivity contribution in [2.24, 2.45) is 0 Å². The first-order valence-corrected chi connectivity index (χ1v) is 7.10. The monoisotopic (exact) mass is 243 g/mol. The first-order chi connectivity index (χ1) is 8.80. The molecule has 3 rings (SSSR count). The number of hydrogen-bond donors (Lipinski definition) is 1. The molecule has 18 heavy (non-hydrogen) atoms. The average Bonchev–Trinajstić information content (AvgIpc) is 2.82. The lowest BCUT2D eigenvalue weighted by molar-refractivity contribution is 0.343. The van der Waals surface area contributed by atoms with Gasteiger partial charge in [0.2, 0.25) is 0 Å². The molecule has 0 spiro atoms. The van der Waals surface area contributed by atoms with Crippen LogP contribution in [-0.4, -0.2) is 15.4 Å². The van der Waals surface area contributed by atoms with Crippen LogP contribution >= 0.6 is 0 Å². The Morgan fingerprint density at radius 3 is 2.50 bits per heavy atom. The number of nitrogens with one attached hydrogen (secondary N) is 1. The molecule has 1 aromatic heterocycles. The maximum absolute atomic E-state index is 4.36. The molecule has 0 radical (unpaired) electrons. The second kappa shape index (κ2) is 4.71. The van der Waals surface area contributed by atoms with Gasteiger partial charge in [-0.3, -0.25) is 0 Å². The van der Waals surface area contributed by atoms with Crippen LogP contribution in [0.15, 0.2) is 18.2 Å². The smallest absolute Gasteiger partial charge is 0.116 e. The van der Waals surface area contributed by atoms with Crippen molar-refractivity contribution < 1.29 is 0 Å². The molecule has 3 nitrogen and oxygen atoms in total. The highest BCUT2D eigenvalue weighted by molar-refractivity contribution is 5.78. The predicted molar refractivity (Wildman–Crippen MR) is 73.6 cm³/mol. The van der Waals surface area contributed by atoms with Gasteiger partial charge in [0.15, 0.2) is 0 Å². The van der Waals surface area contributed by atoms with Crippen molar-refractivity contribution in [2.75, 3.05) is 0 Å². The van der Waals surface area contributed by atoms with Crippen molar-refractivity contribution in [1.82, 2.24) is 15.4 Å². The molecule has 1 saturated carbocycles. The molecule has 0 unspecified atom stereocenters. The Kier molecular flexibility index (Phi) is 3.06. The summed E-state index contributed by atoms with van der Waals surface area (Å²) in [6.07, 6.45) is 9.40. The van der Waals surface area contributed by atoms with Crippen LogP contribution < -0.4 is 0 Å². The molecule has 0 amide bonds. The van der Waals surface area contributed by atoms with Gasteiger partial charge in [0.1, 0.15) is 11.0 Å². The van der Waals surface area contributed by atoms with Crippen molar-refractivity contribution in [3.63, 3.8) is 0 Å². The predicted octanol–water partition coefficient (Wildman–Crippen LogP) is 3.96. The Morgan fingerprint density at radius 1 is 1.00 bits per heavy atom. The fourth-order valence-electron chi connectivity index (χ4n) is 3.31. The number of aromatic nitrogens is 3. The summed E-state index contributed by atoms with van der Waals surface area (Å²) in [6, 6.07) is 6.39. The van der Waals surface area contributed by atoms with Gasteiger partial charge < -0.3 is 0 Å². The second-order valence-electron chi connectivity index (χ2n) is 5.83. The number of H-pyrrole nitrogens is 1. The summed E-state index contributed by atoms with van der Waals surface area (Å²) in [5.74, 6) is 0. The number of fused-ring (bicyclic) bond motifs is 1. The van der Waals surface area contributed by atoms with E-state index in [0.29, 0.717) is 0 Å². The molecule has 3 heteroatoms. The molecule has 1 aliphatic rings. The Bertz CT molecular complexity index is 521. The lowest BCUT2D eigenvalue weighted by Gasteiger charge is -2.32. The van der Waals surface area contributed by atoms with E-state index in [0.717, 1.165) is 11.0 Å². The fourth-order valence-corrected chi connectivity index (χ4v) is 3.31. The van der Waals surface area contributed by atoms with Crippen LogP contribution in [-0.2, 0) is 5.41 Å². The van der Waals surface area contributed by atoms with Crippen molar-refractivity contribution in [3.05, 3.63) is 23.8 Å². The largest absolute Gasteiger partial charge is 0.197 e. The van der Waals surface area contributed by atoms with E-state index >= 15 is 0 Å². The quantitative estimate of drug-likeness (QED) is 0.823. The zero-order valence-corrected chi connectivity index (χ0v) is 11.1. The molecular weight excluding hydrogens is 222 g/mol. The summed E-state index contributed by atoms with van der Waals surface area (Å²) >= 11 is 0. The number of rotatable bonds is 1. The van der Waals surface area contributed by atoms with Gasteiger partial charge in [-0.05, 0) is 29.9 Å². The van der Waals surface area contributed by atoms with Gasteiger partial charge in [-0.2, -0.15) is 15.4 Å². The van der Waals surface area contributed by atoms with Crippen molar-refractivity contribution in [1.29, 1.82) is 0 Å². The van der Waals surface area contributed by atoms with Crippen molar-refractivity contribution in [3.8, 4) is 0 Å². The van der Waals surface area contributed by atoms with Crippen molar-refractivity contribution in [2.45, 2.75) is 57.3 Å². The lowest BCUT2D eigenvalue weighted by atomic mass is 9.72. The van der Waals surface area contributed by atoms with E-state index in [1.807, 2.05) is 6.07 Å². The van der Waals surface area contributed by atoms with Crippen LogP contribution in [0.5, 0.6) is 0 Å². The number of hydrogen-bond acceptors (Lipinski definition) is 2. The van der Waals surface area contributed by atoms with E-state index in [-0.39, 0.29) is 5.41 Å². The maximum atomic E-state index is 4.36. The Hall–Kier alpha value is -1.38. The van der Waals surface area contributed by atoms with Gasteiger partial charge in [-0.25, -0.2) is 0 Å². The van der Waals surface area contributed by atoms with Gasteiger partial charge in [0.05, 0.1) is 0 Å². The maximum Gasteiger partial charge on any atom is 0.116 e. The Labute approximate surface area is 108 Å². The van der Waals surface area contributed by atoms with Gasteiger partial charge in [-0.15, -0.1) is 0 Å². The first-order valence-electron chi connectivity index (χ1n) is 7.10. The third-order valence-corrected chi connectivity index (χ3v) is 4.45. The number of nitrogens with zero attached hydrogens (tertiary/aromatic N) is 2. The normalized spacial score (nSPS) is 20.5. The zero-order valence-electron chi connectivity index (χ0n) is 11.1. The molecule has 0 aliphatic heterocycles. The van der Waals surface area contributed by atoms with E-state index in [1.54, 1.807) is 0 Å². The van der Waals surface area contributed by atoms with Gasteiger partial charge in [0.25, 0.3) is 0 Å². The van der Waals surface area contributed by atoms with Crippen LogP contribution in [0, 0.1) is 0 Å². The molecule has 0 bridgehead atoms. The summed E-state index contributed by atoms with van der Waals surface area (Å²) < 4.78 is 0. The zero-order chi connectivity index (χ0) is 12.4. The van der Waals surface area contributed by atoms with E-state index in [9.17, 15) is 0 Å². The molecule has 2 aromatic rings. The van der Waals surface area contributed by atoms with Gasteiger partial charge >= 0.3 is 0 Å². The van der Waals surface area contributed by atoms with E-state index in [2.05, 4.69) is 34.5 Å². The summed E-state index contributed by atoms with van der Waals surface area (Å²) in [5, 5.41) is 11.3. The second-order valence-corrected chi connectivity index (χ2v) is 5.83. The molecular formula is C15H21N3. The van der Waals surface area contributed by atoms with Crippen molar-refractivity contribution >= 4 is 11.0 Å². The van der Waals surface area contributed by atoms with Crippen LogP contribution in [0.2, 0.25) is 0 Å². The van der Waals surface area contributed by atoms with Crippen LogP contribution in [0.25, 0.3) is 11.0 Å². The molecule has 1 N–H and O–H groups in total. The highest BCUT2D eigenvalue weighted by atomic mass is 15.3. The molecule has 1 aromatic carbocycles. The van der Waals surface area contributed by atoms with E-state index in [1.165, 1.54) is 50.5 Å². The Balaban J connectivity index is 2.02. The van der Waals surface area contributed by atoms with Crippen LogP contribution in [0.3, 0.4) is 0 Å². The Morgan fingerprint density at radius 2 is 1.72 bits per heavy atom. The topological polar surface area (TPSA) is 41.6 Å². The van der Waals surface area contributed by atoms with Crippen LogP contribution in [0.4, 0.5) is 0 Å². The number of aromatic amines is 1. The number of benzene rings is 1. The van der Waals surface area contributed by atoms with Crippen LogP contribution in [0.1, 0.15) is 57.4 Å². The lowest BCUT2D eigenvalue weighted by Crippen LogP contribution is -2.23. The molecule has 96 valence electrons. The van der Waals surface area contributed by atoms with E-state index in [4.69, 9.17) is 0 Å². The molecule has 1 aliphatic carbocycles. The molecule has 1 heterocycles. The fraction of sp³-hybridized carbons (Fsp3) is 0.600. The number of para-hydroxylation sites is 1. The van der Waals surface area contributed by atoms with Gasteiger partial charge in [0, 0.05) is 0 Å². The summed E-state index contributed by atoms with van der Waals surface area (Å²) in [5.41, 5.74) is 3.73. The molecule has 0 saturated heterocycles. The SMILES string of the molecule is CC1(c2cccc3n[nH]nc23)CCCCCCC1. The average molecular weight is 243 g/mol. The highest BCUT2D eigenvalue weighted by Gasteiger charge is 2.29. The summed E-state index contributed by atoms with van der Waals surface area (Å²) in [6.45, 7) is 2.40.